The Morgan fingerprint density at radius 3 is 2.86 bits per heavy atom. The van der Waals surface area contributed by atoms with E-state index in [0.717, 1.165) is 21.8 Å². The molecule has 0 aliphatic heterocycles. The molecule has 0 unspecified atom stereocenters. The molecule has 6 heteroatoms. The highest BCUT2D eigenvalue weighted by Gasteiger charge is 2.10. The summed E-state index contributed by atoms with van der Waals surface area (Å²) >= 11 is 7.37. The molecule has 3 aromatic rings. The number of aromatic nitrogens is 3. The summed E-state index contributed by atoms with van der Waals surface area (Å²) < 4.78 is 1.58. The molecule has 0 atom stereocenters. The molecule has 2 aromatic heterocycles. The molecule has 2 heterocycles. The summed E-state index contributed by atoms with van der Waals surface area (Å²) in [6, 6.07) is 9.67. The first-order valence-electron chi connectivity index (χ1n) is 6.38. The van der Waals surface area contributed by atoms with Gasteiger partial charge in [-0.15, -0.1) is 22.9 Å². The zero-order valence-corrected chi connectivity index (χ0v) is 12.6. The predicted molar refractivity (Wildman–Crippen MR) is 84.7 cm³/mol. The summed E-state index contributed by atoms with van der Waals surface area (Å²) in [5.74, 6) is 0.404. The van der Waals surface area contributed by atoms with Gasteiger partial charge in [0, 0.05) is 23.3 Å². The van der Waals surface area contributed by atoms with Crippen molar-refractivity contribution >= 4 is 22.9 Å². The van der Waals surface area contributed by atoms with Crippen molar-refractivity contribution in [3.05, 3.63) is 69.8 Å². The Balaban J connectivity index is 2.00. The number of alkyl halides is 1. The number of halogens is 1. The molecule has 0 amide bonds. The van der Waals surface area contributed by atoms with Gasteiger partial charge in [0.05, 0.1) is 18.1 Å². The van der Waals surface area contributed by atoms with Crippen molar-refractivity contribution in [3.8, 4) is 10.6 Å². The van der Waals surface area contributed by atoms with Gasteiger partial charge in [0.25, 0.3) is 0 Å². The second-order valence-electron chi connectivity index (χ2n) is 4.46. The van der Waals surface area contributed by atoms with E-state index < -0.39 is 0 Å². The van der Waals surface area contributed by atoms with E-state index in [9.17, 15) is 4.79 Å². The first-order chi connectivity index (χ1) is 10.3. The fraction of sp³-hybridized carbons (Fsp3) is 0.133. The van der Waals surface area contributed by atoms with Crippen LogP contribution in [0.3, 0.4) is 0 Å². The standard InChI is InChI=1S/C15H12ClN3OS/c16-8-12-10-21-14(18-12)13-5-2-1-4-11(13)9-19-7-3-6-17-15(19)20/h1-7,10H,8-9H2. The fourth-order valence-electron chi connectivity index (χ4n) is 2.05. The number of hydrogen-bond acceptors (Lipinski definition) is 4. The maximum atomic E-state index is 11.7. The summed E-state index contributed by atoms with van der Waals surface area (Å²) in [6.45, 7) is 0.471. The molecule has 0 saturated heterocycles. The van der Waals surface area contributed by atoms with E-state index >= 15 is 0 Å². The van der Waals surface area contributed by atoms with E-state index in [1.807, 2.05) is 29.6 Å². The van der Waals surface area contributed by atoms with Gasteiger partial charge >= 0.3 is 5.69 Å². The van der Waals surface area contributed by atoms with E-state index in [0.29, 0.717) is 12.4 Å². The average molecular weight is 318 g/mol. The van der Waals surface area contributed by atoms with Gasteiger partial charge in [0.15, 0.2) is 0 Å². The summed E-state index contributed by atoms with van der Waals surface area (Å²) in [5.41, 5.74) is 2.66. The van der Waals surface area contributed by atoms with Crippen LogP contribution in [0.1, 0.15) is 11.3 Å². The van der Waals surface area contributed by atoms with Gasteiger partial charge in [0.1, 0.15) is 5.01 Å². The smallest absolute Gasteiger partial charge is 0.295 e. The van der Waals surface area contributed by atoms with E-state index in [4.69, 9.17) is 11.6 Å². The maximum absolute atomic E-state index is 11.7. The third kappa shape index (κ3) is 3.04. The monoisotopic (exact) mass is 317 g/mol. The summed E-state index contributed by atoms with van der Waals surface area (Å²) in [5, 5.41) is 2.87. The van der Waals surface area contributed by atoms with Gasteiger partial charge in [0.2, 0.25) is 0 Å². The third-order valence-electron chi connectivity index (χ3n) is 3.06. The predicted octanol–water partition coefficient (Wildman–Crippen LogP) is 3.15. The van der Waals surface area contributed by atoms with Gasteiger partial charge in [-0.1, -0.05) is 24.3 Å². The first kappa shape index (κ1) is 14.0. The van der Waals surface area contributed by atoms with Crippen molar-refractivity contribution in [1.82, 2.24) is 14.5 Å². The summed E-state index contributed by atoms with van der Waals surface area (Å²) in [4.78, 5) is 20.0. The van der Waals surface area contributed by atoms with Crippen LogP contribution in [0.15, 0.2) is 52.9 Å². The summed E-state index contributed by atoms with van der Waals surface area (Å²) in [7, 11) is 0. The Hall–Kier alpha value is -1.98. The van der Waals surface area contributed by atoms with E-state index in [-0.39, 0.29) is 5.69 Å². The van der Waals surface area contributed by atoms with Crippen molar-refractivity contribution in [3.63, 3.8) is 0 Å². The van der Waals surface area contributed by atoms with Crippen LogP contribution in [0, 0.1) is 0 Å². The molecule has 4 nitrogen and oxygen atoms in total. The Bertz CT molecular complexity index is 812. The molecule has 0 aliphatic carbocycles. The molecule has 3 rings (SSSR count). The molecule has 0 saturated carbocycles. The van der Waals surface area contributed by atoms with Crippen LogP contribution in [0.25, 0.3) is 10.6 Å². The van der Waals surface area contributed by atoms with Crippen LogP contribution in [0.2, 0.25) is 0 Å². The highest BCUT2D eigenvalue weighted by Crippen LogP contribution is 2.27. The molecule has 0 bridgehead atoms. The van der Waals surface area contributed by atoms with Gasteiger partial charge < -0.3 is 0 Å². The molecular weight excluding hydrogens is 306 g/mol. The van der Waals surface area contributed by atoms with Crippen LogP contribution in [-0.2, 0) is 12.4 Å². The molecular formula is C15H12ClN3OS. The minimum atomic E-state index is -0.257. The lowest BCUT2D eigenvalue weighted by Gasteiger charge is -2.08. The zero-order valence-electron chi connectivity index (χ0n) is 11.1. The van der Waals surface area contributed by atoms with Crippen LogP contribution in [-0.4, -0.2) is 14.5 Å². The molecule has 0 spiro atoms. The Morgan fingerprint density at radius 1 is 1.24 bits per heavy atom. The molecule has 106 valence electrons. The maximum Gasteiger partial charge on any atom is 0.347 e. The quantitative estimate of drug-likeness (QED) is 0.694. The SMILES string of the molecule is O=c1ncccn1Cc1ccccc1-c1nc(CCl)cs1. The Morgan fingerprint density at radius 2 is 2.10 bits per heavy atom. The number of rotatable bonds is 4. The fourth-order valence-corrected chi connectivity index (χ4v) is 3.16. The van der Waals surface area contributed by atoms with Crippen molar-refractivity contribution < 1.29 is 0 Å². The third-order valence-corrected chi connectivity index (χ3v) is 4.26. The lowest BCUT2D eigenvalue weighted by Crippen LogP contribution is -2.22. The van der Waals surface area contributed by atoms with Gasteiger partial charge in [-0.25, -0.2) is 14.8 Å². The van der Waals surface area contributed by atoms with Gasteiger partial charge in [-0.3, -0.25) is 4.57 Å². The number of benzene rings is 1. The van der Waals surface area contributed by atoms with Crippen molar-refractivity contribution in [2.24, 2.45) is 0 Å². The van der Waals surface area contributed by atoms with E-state index in [2.05, 4.69) is 9.97 Å². The van der Waals surface area contributed by atoms with Gasteiger partial charge in [-0.2, -0.15) is 0 Å². The molecule has 0 radical (unpaired) electrons. The normalized spacial score (nSPS) is 10.7. The minimum Gasteiger partial charge on any atom is -0.295 e. The van der Waals surface area contributed by atoms with Crippen LogP contribution >= 0.6 is 22.9 Å². The van der Waals surface area contributed by atoms with Crippen LogP contribution < -0.4 is 5.69 Å². The topological polar surface area (TPSA) is 47.8 Å². The van der Waals surface area contributed by atoms with Crippen molar-refractivity contribution in [1.29, 1.82) is 0 Å². The molecule has 0 fully saturated rings. The van der Waals surface area contributed by atoms with Crippen LogP contribution in [0.5, 0.6) is 0 Å². The largest absolute Gasteiger partial charge is 0.347 e. The molecule has 0 aliphatic rings. The van der Waals surface area contributed by atoms with Gasteiger partial charge in [-0.05, 0) is 11.6 Å². The first-order valence-corrected chi connectivity index (χ1v) is 7.79. The highest BCUT2D eigenvalue weighted by molar-refractivity contribution is 7.13. The minimum absolute atomic E-state index is 0.257. The van der Waals surface area contributed by atoms with Crippen molar-refractivity contribution in [2.75, 3.05) is 0 Å². The van der Waals surface area contributed by atoms with E-state index in [1.165, 1.54) is 6.20 Å². The number of hydrogen-bond donors (Lipinski definition) is 0. The Kier molecular flexibility index (Phi) is 4.13. The zero-order chi connectivity index (χ0) is 14.7. The molecule has 1 aromatic carbocycles. The van der Waals surface area contributed by atoms with Crippen molar-refractivity contribution in [2.45, 2.75) is 12.4 Å². The second-order valence-corrected chi connectivity index (χ2v) is 5.59. The highest BCUT2D eigenvalue weighted by atomic mass is 35.5. The number of nitrogens with zero attached hydrogens (tertiary/aromatic N) is 3. The summed E-state index contributed by atoms with van der Waals surface area (Å²) in [6.07, 6.45) is 3.23. The number of thiazole rings is 1. The lowest BCUT2D eigenvalue weighted by molar-refractivity contribution is 0.728. The molecule has 0 N–H and O–H groups in total. The average Bonchev–Trinajstić information content (AvgIpc) is 2.99. The van der Waals surface area contributed by atoms with E-state index in [1.54, 1.807) is 28.2 Å². The second kappa shape index (κ2) is 6.20. The Labute approximate surface area is 130 Å². The molecule has 21 heavy (non-hydrogen) atoms. The van der Waals surface area contributed by atoms with Crippen LogP contribution in [0.4, 0.5) is 0 Å². The lowest BCUT2D eigenvalue weighted by atomic mass is 10.1.